The standard InChI is InChI=1S/C5H10N2OS/c8-5-6-7-1-3-9-4-2-7/h5H,1-4H2,(H,6,8). The number of thioether (sulfide) groups is 1. The monoisotopic (exact) mass is 146 g/mol. The van der Waals surface area contributed by atoms with Crippen molar-refractivity contribution in [1.29, 1.82) is 0 Å². The number of carbonyl (C=O) groups excluding carboxylic acids is 1. The quantitative estimate of drug-likeness (QED) is 0.543. The SMILES string of the molecule is O=CNN1CCSCC1. The van der Waals surface area contributed by atoms with Crippen molar-refractivity contribution >= 4 is 18.2 Å². The zero-order chi connectivity index (χ0) is 6.53. The lowest BCUT2D eigenvalue weighted by atomic mass is 10.6. The van der Waals surface area contributed by atoms with Crippen LogP contribution < -0.4 is 5.43 Å². The van der Waals surface area contributed by atoms with E-state index in [1.54, 1.807) is 0 Å². The number of hydrogen-bond donors (Lipinski definition) is 1. The summed E-state index contributed by atoms with van der Waals surface area (Å²) in [5, 5.41) is 1.93. The molecule has 0 aromatic carbocycles. The van der Waals surface area contributed by atoms with E-state index in [-0.39, 0.29) is 0 Å². The Bertz CT molecular complexity index is 93.0. The largest absolute Gasteiger partial charge is 0.291 e. The first kappa shape index (κ1) is 6.89. The van der Waals surface area contributed by atoms with Gasteiger partial charge in [0, 0.05) is 24.6 Å². The Morgan fingerprint density at radius 1 is 1.44 bits per heavy atom. The smallest absolute Gasteiger partial charge is 0.221 e. The molecule has 4 heteroatoms. The fraction of sp³-hybridized carbons (Fsp3) is 0.800. The third-order valence-electron chi connectivity index (χ3n) is 1.25. The van der Waals surface area contributed by atoms with Crippen LogP contribution in [0.4, 0.5) is 0 Å². The van der Waals surface area contributed by atoms with E-state index in [0.717, 1.165) is 31.0 Å². The Labute approximate surface area is 58.8 Å². The van der Waals surface area contributed by atoms with Crippen LogP contribution in [0.25, 0.3) is 0 Å². The molecule has 0 unspecified atom stereocenters. The Morgan fingerprint density at radius 3 is 2.67 bits per heavy atom. The lowest BCUT2D eigenvalue weighted by Gasteiger charge is -2.24. The summed E-state index contributed by atoms with van der Waals surface area (Å²) in [4.78, 5) is 9.91. The highest BCUT2D eigenvalue weighted by Gasteiger charge is 2.07. The maximum atomic E-state index is 9.91. The molecule has 1 fully saturated rings. The molecule has 1 aliphatic heterocycles. The summed E-state index contributed by atoms with van der Waals surface area (Å²) in [6, 6.07) is 0. The Kier molecular flexibility index (Phi) is 2.86. The normalized spacial score (nSPS) is 21.3. The van der Waals surface area contributed by atoms with Crippen LogP contribution in [-0.4, -0.2) is 36.0 Å². The van der Waals surface area contributed by atoms with Gasteiger partial charge in [-0.3, -0.25) is 10.2 Å². The van der Waals surface area contributed by atoms with Crippen LogP contribution in [-0.2, 0) is 4.79 Å². The average molecular weight is 146 g/mol. The van der Waals surface area contributed by atoms with E-state index in [4.69, 9.17) is 0 Å². The highest BCUT2D eigenvalue weighted by Crippen LogP contribution is 2.05. The lowest BCUT2D eigenvalue weighted by molar-refractivity contribution is -0.113. The second-order valence-corrected chi connectivity index (χ2v) is 3.07. The van der Waals surface area contributed by atoms with Crippen molar-refractivity contribution in [3.8, 4) is 0 Å². The van der Waals surface area contributed by atoms with Crippen LogP contribution in [0.3, 0.4) is 0 Å². The van der Waals surface area contributed by atoms with Crippen LogP contribution in [0.2, 0.25) is 0 Å². The van der Waals surface area contributed by atoms with E-state index in [9.17, 15) is 4.79 Å². The van der Waals surface area contributed by atoms with Crippen LogP contribution in [0.1, 0.15) is 0 Å². The van der Waals surface area contributed by atoms with E-state index >= 15 is 0 Å². The highest BCUT2D eigenvalue weighted by atomic mass is 32.2. The van der Waals surface area contributed by atoms with Gasteiger partial charge in [-0.2, -0.15) is 11.8 Å². The summed E-state index contributed by atoms with van der Waals surface area (Å²) in [6.07, 6.45) is 0.732. The predicted octanol–water partition coefficient (Wildman–Crippen LogP) is -0.304. The zero-order valence-electron chi connectivity index (χ0n) is 5.17. The van der Waals surface area contributed by atoms with Crippen molar-refractivity contribution in [1.82, 2.24) is 10.4 Å². The summed E-state index contributed by atoms with van der Waals surface area (Å²) in [6.45, 7) is 1.95. The molecule has 3 nitrogen and oxygen atoms in total. The van der Waals surface area contributed by atoms with E-state index in [2.05, 4.69) is 5.43 Å². The van der Waals surface area contributed by atoms with Gasteiger partial charge in [0.2, 0.25) is 6.41 Å². The first-order chi connectivity index (χ1) is 4.43. The number of amides is 1. The first-order valence-corrected chi connectivity index (χ1v) is 4.11. The van der Waals surface area contributed by atoms with Gasteiger partial charge in [-0.25, -0.2) is 5.01 Å². The van der Waals surface area contributed by atoms with Gasteiger partial charge in [-0.15, -0.1) is 0 Å². The summed E-state index contributed by atoms with van der Waals surface area (Å²) >= 11 is 1.93. The van der Waals surface area contributed by atoms with Crippen molar-refractivity contribution in [2.45, 2.75) is 0 Å². The van der Waals surface area contributed by atoms with E-state index in [1.807, 2.05) is 16.8 Å². The minimum atomic E-state index is 0.732. The molecule has 0 aromatic rings. The molecule has 0 bridgehead atoms. The molecular formula is C5H10N2OS. The van der Waals surface area contributed by atoms with Crippen molar-refractivity contribution in [3.05, 3.63) is 0 Å². The molecule has 0 aromatic heterocycles. The molecule has 0 radical (unpaired) electrons. The van der Waals surface area contributed by atoms with Crippen molar-refractivity contribution in [2.24, 2.45) is 0 Å². The first-order valence-electron chi connectivity index (χ1n) is 2.96. The van der Waals surface area contributed by atoms with Crippen LogP contribution in [0.15, 0.2) is 0 Å². The minimum Gasteiger partial charge on any atom is -0.291 e. The maximum absolute atomic E-state index is 9.91. The molecule has 0 atom stereocenters. The number of rotatable bonds is 2. The molecule has 9 heavy (non-hydrogen) atoms. The summed E-state index contributed by atoms with van der Waals surface area (Å²) in [5.41, 5.74) is 2.62. The zero-order valence-corrected chi connectivity index (χ0v) is 5.99. The average Bonchev–Trinajstić information content (AvgIpc) is 1.91. The fourth-order valence-electron chi connectivity index (χ4n) is 0.767. The Morgan fingerprint density at radius 2 is 2.11 bits per heavy atom. The fourth-order valence-corrected chi connectivity index (χ4v) is 1.67. The number of hydrogen-bond acceptors (Lipinski definition) is 3. The Balaban J connectivity index is 2.15. The molecule has 0 aliphatic carbocycles. The van der Waals surface area contributed by atoms with Crippen molar-refractivity contribution in [2.75, 3.05) is 24.6 Å². The highest BCUT2D eigenvalue weighted by molar-refractivity contribution is 7.99. The summed E-state index contributed by atoms with van der Waals surface area (Å²) < 4.78 is 0. The van der Waals surface area contributed by atoms with Gasteiger partial charge in [-0.05, 0) is 0 Å². The van der Waals surface area contributed by atoms with Gasteiger partial charge in [-0.1, -0.05) is 0 Å². The van der Waals surface area contributed by atoms with Gasteiger partial charge in [0.15, 0.2) is 0 Å². The molecule has 52 valence electrons. The molecule has 1 N–H and O–H groups in total. The lowest BCUT2D eigenvalue weighted by Crippen LogP contribution is -2.42. The van der Waals surface area contributed by atoms with E-state index in [1.165, 1.54) is 0 Å². The topological polar surface area (TPSA) is 32.3 Å². The van der Waals surface area contributed by atoms with Crippen molar-refractivity contribution < 1.29 is 4.79 Å². The van der Waals surface area contributed by atoms with Crippen LogP contribution in [0, 0.1) is 0 Å². The van der Waals surface area contributed by atoms with E-state index < -0.39 is 0 Å². The molecule has 1 rings (SSSR count). The van der Waals surface area contributed by atoms with Gasteiger partial charge >= 0.3 is 0 Å². The number of nitrogens with zero attached hydrogens (tertiary/aromatic N) is 1. The van der Waals surface area contributed by atoms with E-state index in [0.29, 0.717) is 0 Å². The molecular weight excluding hydrogens is 136 g/mol. The second-order valence-electron chi connectivity index (χ2n) is 1.85. The molecule has 0 spiro atoms. The molecule has 1 saturated heterocycles. The predicted molar refractivity (Wildman–Crippen MR) is 38.1 cm³/mol. The van der Waals surface area contributed by atoms with Crippen LogP contribution >= 0.6 is 11.8 Å². The summed E-state index contributed by atoms with van der Waals surface area (Å²) in [7, 11) is 0. The number of hydrazine groups is 1. The summed E-state index contributed by atoms with van der Waals surface area (Å²) in [5.74, 6) is 2.25. The number of nitrogens with one attached hydrogen (secondary N) is 1. The molecule has 1 amide bonds. The Hall–Kier alpha value is -0.220. The molecule has 0 saturated carbocycles. The van der Waals surface area contributed by atoms with Gasteiger partial charge in [0.05, 0.1) is 0 Å². The van der Waals surface area contributed by atoms with Gasteiger partial charge < -0.3 is 0 Å². The van der Waals surface area contributed by atoms with Gasteiger partial charge in [0.1, 0.15) is 0 Å². The van der Waals surface area contributed by atoms with Gasteiger partial charge in [0.25, 0.3) is 0 Å². The minimum absolute atomic E-state index is 0.732. The number of carbonyl (C=O) groups is 1. The molecule has 1 heterocycles. The van der Waals surface area contributed by atoms with Crippen LogP contribution in [0.5, 0.6) is 0 Å². The molecule has 1 aliphatic rings. The third-order valence-corrected chi connectivity index (χ3v) is 2.19. The maximum Gasteiger partial charge on any atom is 0.221 e. The third kappa shape index (κ3) is 2.24. The van der Waals surface area contributed by atoms with Crippen molar-refractivity contribution in [3.63, 3.8) is 0 Å². The second kappa shape index (κ2) is 3.74.